The van der Waals surface area contributed by atoms with E-state index in [0.717, 1.165) is 22.0 Å². The van der Waals surface area contributed by atoms with Gasteiger partial charge in [0.15, 0.2) is 0 Å². The minimum absolute atomic E-state index is 0.00309. The van der Waals surface area contributed by atoms with Gasteiger partial charge >= 0.3 is 5.97 Å². The fraction of sp³-hybridized carbons (Fsp3) is 0.167. The van der Waals surface area contributed by atoms with Crippen LogP contribution in [0.15, 0.2) is 24.3 Å². The second-order valence-electron chi connectivity index (χ2n) is 3.69. The lowest BCUT2D eigenvalue weighted by Gasteiger charge is -2.03. The monoisotopic (exact) mass is 235 g/mol. The summed E-state index contributed by atoms with van der Waals surface area (Å²) in [5, 5.41) is 10.1. The zero-order valence-electron chi connectivity index (χ0n) is 8.70. The van der Waals surface area contributed by atoms with Crippen LogP contribution in [0.4, 0.5) is 0 Å². The Morgan fingerprint density at radius 2 is 2.19 bits per heavy atom. The summed E-state index contributed by atoms with van der Waals surface area (Å²) < 4.78 is 0. The predicted octanol–water partition coefficient (Wildman–Crippen LogP) is 2.82. The van der Waals surface area contributed by atoms with Crippen LogP contribution < -0.4 is 0 Å². The van der Waals surface area contributed by atoms with E-state index in [2.05, 4.69) is 4.98 Å². The number of aromatic nitrogens is 1. The topological polar surface area (TPSA) is 50.2 Å². The molecule has 82 valence electrons. The first-order valence-corrected chi connectivity index (χ1v) is 5.21. The third-order valence-electron chi connectivity index (χ3n) is 2.37. The van der Waals surface area contributed by atoms with E-state index in [-0.39, 0.29) is 6.42 Å². The summed E-state index contributed by atoms with van der Waals surface area (Å²) in [7, 11) is 0. The third kappa shape index (κ3) is 2.14. The van der Waals surface area contributed by atoms with Crippen LogP contribution in [0.25, 0.3) is 10.9 Å². The van der Waals surface area contributed by atoms with Gasteiger partial charge in [0.1, 0.15) is 5.15 Å². The van der Waals surface area contributed by atoms with Gasteiger partial charge in [-0.1, -0.05) is 23.7 Å². The molecule has 0 atom stereocenters. The molecule has 2 rings (SSSR count). The third-order valence-corrected chi connectivity index (χ3v) is 2.75. The van der Waals surface area contributed by atoms with Gasteiger partial charge < -0.3 is 5.11 Å². The van der Waals surface area contributed by atoms with Crippen molar-refractivity contribution in [3.05, 3.63) is 40.5 Å². The van der Waals surface area contributed by atoms with Gasteiger partial charge in [-0.25, -0.2) is 4.98 Å². The van der Waals surface area contributed by atoms with Crippen LogP contribution in [-0.4, -0.2) is 16.1 Å². The largest absolute Gasteiger partial charge is 0.481 e. The molecule has 3 nitrogen and oxygen atoms in total. The van der Waals surface area contributed by atoms with E-state index in [9.17, 15) is 4.79 Å². The van der Waals surface area contributed by atoms with E-state index >= 15 is 0 Å². The summed E-state index contributed by atoms with van der Waals surface area (Å²) >= 11 is 5.92. The number of nitrogens with zero attached hydrogens (tertiary/aromatic N) is 1. The molecule has 0 aliphatic heterocycles. The number of halogens is 1. The Balaban J connectivity index is 2.53. The van der Waals surface area contributed by atoms with Gasteiger partial charge in [0.05, 0.1) is 11.9 Å². The average molecular weight is 236 g/mol. The number of aryl methyl sites for hydroxylation is 1. The number of hydrogen-bond donors (Lipinski definition) is 1. The molecule has 0 unspecified atom stereocenters. The van der Waals surface area contributed by atoms with E-state index in [1.165, 1.54) is 0 Å². The van der Waals surface area contributed by atoms with E-state index in [1.54, 1.807) is 12.1 Å². The lowest BCUT2D eigenvalue weighted by atomic mass is 10.1. The fourth-order valence-electron chi connectivity index (χ4n) is 1.58. The van der Waals surface area contributed by atoms with Crippen molar-refractivity contribution < 1.29 is 9.90 Å². The Labute approximate surface area is 97.7 Å². The first-order valence-electron chi connectivity index (χ1n) is 4.84. The van der Waals surface area contributed by atoms with E-state index in [0.29, 0.717) is 5.15 Å². The summed E-state index contributed by atoms with van der Waals surface area (Å²) in [6, 6.07) is 7.36. The van der Waals surface area contributed by atoms with Crippen LogP contribution >= 0.6 is 11.6 Å². The van der Waals surface area contributed by atoms with Crippen LogP contribution in [0, 0.1) is 6.92 Å². The van der Waals surface area contributed by atoms with Gasteiger partial charge in [-0.2, -0.15) is 0 Å². The van der Waals surface area contributed by atoms with Crippen molar-refractivity contribution in [2.75, 3.05) is 0 Å². The zero-order chi connectivity index (χ0) is 11.7. The average Bonchev–Trinajstić information content (AvgIpc) is 2.19. The number of pyridine rings is 1. The lowest BCUT2D eigenvalue weighted by Crippen LogP contribution is -1.99. The normalized spacial score (nSPS) is 10.6. The molecule has 0 aliphatic carbocycles. The number of benzene rings is 1. The number of carboxylic acid groups (broad SMARTS) is 1. The van der Waals surface area contributed by atoms with Gasteiger partial charge in [-0.05, 0) is 30.2 Å². The highest BCUT2D eigenvalue weighted by molar-refractivity contribution is 6.30. The van der Waals surface area contributed by atoms with Crippen molar-refractivity contribution in [1.82, 2.24) is 4.98 Å². The molecule has 0 saturated heterocycles. The van der Waals surface area contributed by atoms with Gasteiger partial charge in [0, 0.05) is 5.39 Å². The molecule has 2 aromatic rings. The molecule has 0 aliphatic rings. The Hall–Kier alpha value is -1.61. The second-order valence-corrected chi connectivity index (χ2v) is 4.05. The summed E-state index contributed by atoms with van der Waals surface area (Å²) in [6.45, 7) is 1.89. The molecule has 0 fully saturated rings. The van der Waals surface area contributed by atoms with Crippen molar-refractivity contribution in [2.24, 2.45) is 0 Å². The predicted molar refractivity (Wildman–Crippen MR) is 62.8 cm³/mol. The van der Waals surface area contributed by atoms with Crippen LogP contribution in [0.2, 0.25) is 5.15 Å². The first kappa shape index (κ1) is 10.9. The molecular weight excluding hydrogens is 226 g/mol. The van der Waals surface area contributed by atoms with E-state index in [4.69, 9.17) is 16.7 Å². The van der Waals surface area contributed by atoms with Crippen LogP contribution in [0.1, 0.15) is 11.1 Å². The molecule has 0 bridgehead atoms. The fourth-order valence-corrected chi connectivity index (χ4v) is 1.73. The zero-order valence-corrected chi connectivity index (χ0v) is 9.45. The maximum Gasteiger partial charge on any atom is 0.307 e. The van der Waals surface area contributed by atoms with Crippen molar-refractivity contribution in [2.45, 2.75) is 13.3 Å². The van der Waals surface area contributed by atoms with Crippen molar-refractivity contribution in [3.63, 3.8) is 0 Å². The highest BCUT2D eigenvalue weighted by Gasteiger charge is 2.04. The molecule has 1 aromatic heterocycles. The Morgan fingerprint density at radius 3 is 2.88 bits per heavy atom. The van der Waals surface area contributed by atoms with E-state index < -0.39 is 5.97 Å². The molecule has 4 heteroatoms. The molecule has 1 aromatic carbocycles. The van der Waals surface area contributed by atoms with Crippen LogP contribution in [-0.2, 0) is 11.2 Å². The molecule has 0 radical (unpaired) electrons. The van der Waals surface area contributed by atoms with Crippen molar-refractivity contribution in [3.8, 4) is 0 Å². The SMILES string of the molecule is Cc1cc2ccc(CC(=O)O)cc2nc1Cl. The number of rotatable bonds is 2. The quantitative estimate of drug-likeness (QED) is 0.815. The second kappa shape index (κ2) is 4.10. The lowest BCUT2D eigenvalue weighted by molar-refractivity contribution is -0.136. The molecule has 1 heterocycles. The Kier molecular flexibility index (Phi) is 2.79. The minimum Gasteiger partial charge on any atom is -0.481 e. The molecular formula is C12H10ClNO2. The minimum atomic E-state index is -0.849. The number of fused-ring (bicyclic) bond motifs is 1. The Morgan fingerprint density at radius 1 is 1.44 bits per heavy atom. The smallest absolute Gasteiger partial charge is 0.307 e. The van der Waals surface area contributed by atoms with Gasteiger partial charge in [-0.3, -0.25) is 4.79 Å². The number of carboxylic acids is 1. The Bertz CT molecular complexity index is 566. The van der Waals surface area contributed by atoms with Gasteiger partial charge in [-0.15, -0.1) is 0 Å². The summed E-state index contributed by atoms with van der Waals surface area (Å²) in [5.74, 6) is -0.849. The highest BCUT2D eigenvalue weighted by Crippen LogP contribution is 2.20. The van der Waals surface area contributed by atoms with Gasteiger partial charge in [0.2, 0.25) is 0 Å². The molecule has 0 amide bonds. The summed E-state index contributed by atoms with van der Waals surface area (Å²) in [6.07, 6.45) is 0.00309. The number of carbonyl (C=O) groups is 1. The molecule has 0 spiro atoms. The van der Waals surface area contributed by atoms with Crippen molar-refractivity contribution >= 4 is 28.5 Å². The summed E-state index contributed by atoms with van der Waals surface area (Å²) in [4.78, 5) is 14.8. The van der Waals surface area contributed by atoms with E-state index in [1.807, 2.05) is 19.1 Å². The maximum atomic E-state index is 10.6. The first-order chi connectivity index (χ1) is 7.56. The van der Waals surface area contributed by atoms with Crippen LogP contribution in [0.3, 0.4) is 0 Å². The molecule has 16 heavy (non-hydrogen) atoms. The van der Waals surface area contributed by atoms with Crippen molar-refractivity contribution in [1.29, 1.82) is 0 Å². The maximum absolute atomic E-state index is 10.6. The van der Waals surface area contributed by atoms with Gasteiger partial charge in [0.25, 0.3) is 0 Å². The highest BCUT2D eigenvalue weighted by atomic mass is 35.5. The standard InChI is InChI=1S/C12H10ClNO2/c1-7-4-9-3-2-8(6-11(15)16)5-10(9)14-12(7)13/h2-5H,6H2,1H3,(H,15,16). The number of aliphatic carboxylic acids is 1. The summed E-state index contributed by atoms with van der Waals surface area (Å²) in [5.41, 5.74) is 2.38. The molecule has 0 saturated carbocycles. The molecule has 1 N–H and O–H groups in total. The van der Waals surface area contributed by atoms with Crippen LogP contribution in [0.5, 0.6) is 0 Å². The number of hydrogen-bond acceptors (Lipinski definition) is 2.